The number of ether oxygens (including phenoxy) is 1. The maximum absolute atomic E-state index is 11.6. The highest BCUT2D eigenvalue weighted by Crippen LogP contribution is 2.62. The molecule has 2 bridgehead atoms. The van der Waals surface area contributed by atoms with Gasteiger partial charge in [-0.3, -0.25) is 0 Å². The normalized spacial score (nSPS) is 31.4. The van der Waals surface area contributed by atoms with Gasteiger partial charge in [-0.15, -0.1) is 0 Å². The fourth-order valence-corrected chi connectivity index (χ4v) is 7.09. The van der Waals surface area contributed by atoms with Crippen molar-refractivity contribution < 1.29 is 14.0 Å². The van der Waals surface area contributed by atoms with Crippen molar-refractivity contribution >= 4 is 14.3 Å². The minimum Gasteiger partial charge on any atom is -0.463 e. The van der Waals surface area contributed by atoms with Crippen molar-refractivity contribution in [3.05, 3.63) is 12.2 Å². The molecule has 4 heteroatoms. The zero-order valence-electron chi connectivity index (χ0n) is 14.0. The van der Waals surface area contributed by atoms with Crippen molar-refractivity contribution in [2.75, 3.05) is 6.61 Å². The average Bonchev–Trinajstić information content (AvgIpc) is 3.06. The van der Waals surface area contributed by atoms with Gasteiger partial charge in [0.25, 0.3) is 0 Å². The molecule has 21 heavy (non-hydrogen) atoms. The Bertz CT molecular complexity index is 391. The van der Waals surface area contributed by atoms with Crippen LogP contribution in [0.5, 0.6) is 0 Å². The van der Waals surface area contributed by atoms with Crippen LogP contribution in [0.3, 0.4) is 0 Å². The molecule has 0 aliphatic heterocycles. The van der Waals surface area contributed by atoms with Gasteiger partial charge in [-0.1, -0.05) is 26.8 Å². The lowest BCUT2D eigenvalue weighted by molar-refractivity contribution is -0.137. The Morgan fingerprint density at radius 1 is 1.24 bits per heavy atom. The van der Waals surface area contributed by atoms with Crippen molar-refractivity contribution in [2.45, 2.75) is 71.2 Å². The van der Waals surface area contributed by atoms with Gasteiger partial charge in [0, 0.05) is 11.5 Å². The first-order valence-electron chi connectivity index (χ1n) is 8.58. The highest BCUT2D eigenvalue weighted by molar-refractivity contribution is 6.73. The molecule has 3 rings (SSSR count). The summed E-state index contributed by atoms with van der Waals surface area (Å²) >= 11 is 0. The first-order chi connectivity index (χ1) is 10.0. The molecule has 3 aliphatic carbocycles. The molecule has 0 amide bonds. The number of esters is 1. The molecule has 0 aromatic rings. The summed E-state index contributed by atoms with van der Waals surface area (Å²) in [6.45, 7) is 9.12. The maximum atomic E-state index is 11.6. The molecular weight excluding hydrogens is 280 g/mol. The summed E-state index contributed by atoms with van der Waals surface area (Å²) in [5.41, 5.74) is 0.120. The minimum atomic E-state index is -1.56. The van der Waals surface area contributed by atoms with E-state index < -0.39 is 8.32 Å². The zero-order valence-corrected chi connectivity index (χ0v) is 15.0. The lowest BCUT2D eigenvalue weighted by Gasteiger charge is -2.49. The van der Waals surface area contributed by atoms with Crippen LogP contribution in [0.1, 0.15) is 47.0 Å². The third-order valence-electron chi connectivity index (χ3n) is 5.77. The van der Waals surface area contributed by atoms with Crippen LogP contribution in [0.25, 0.3) is 0 Å². The summed E-state index contributed by atoms with van der Waals surface area (Å²) in [5.74, 6) is 0.499. The number of rotatable bonds is 8. The Balaban J connectivity index is 2.06. The third-order valence-corrected chi connectivity index (χ3v) is 10.4. The van der Waals surface area contributed by atoms with Crippen molar-refractivity contribution in [3.63, 3.8) is 0 Å². The van der Waals surface area contributed by atoms with Gasteiger partial charge < -0.3 is 9.16 Å². The fourth-order valence-electron chi connectivity index (χ4n) is 4.13. The van der Waals surface area contributed by atoms with E-state index in [1.54, 1.807) is 6.08 Å². The molecule has 0 saturated heterocycles. The van der Waals surface area contributed by atoms with Gasteiger partial charge in [0.2, 0.25) is 0 Å². The molecule has 3 nitrogen and oxygen atoms in total. The van der Waals surface area contributed by atoms with Crippen molar-refractivity contribution in [1.82, 2.24) is 0 Å². The van der Waals surface area contributed by atoms with Gasteiger partial charge in [0.15, 0.2) is 8.32 Å². The smallest absolute Gasteiger partial charge is 0.330 e. The van der Waals surface area contributed by atoms with Gasteiger partial charge in [0.1, 0.15) is 0 Å². The standard InChI is InChI=1S/C17H30O3Si/c1-5-19-15(18)10-12-17-11-9-14(13-17)16(17)20-21(6-2,7-3)8-4/h10,12,14,16H,5-9,11,13H2,1-4H3/b12-10+/t14-,16?,17-/m1/s1. The molecule has 3 saturated carbocycles. The molecule has 3 fully saturated rings. The summed E-state index contributed by atoms with van der Waals surface area (Å²) in [7, 11) is -1.56. The van der Waals surface area contributed by atoms with E-state index in [-0.39, 0.29) is 11.4 Å². The molecular formula is C17H30O3Si. The monoisotopic (exact) mass is 310 g/mol. The van der Waals surface area contributed by atoms with Crippen molar-refractivity contribution in [3.8, 4) is 0 Å². The van der Waals surface area contributed by atoms with E-state index >= 15 is 0 Å². The predicted molar refractivity (Wildman–Crippen MR) is 87.6 cm³/mol. The summed E-state index contributed by atoms with van der Waals surface area (Å²) in [4.78, 5) is 11.6. The van der Waals surface area contributed by atoms with Crippen LogP contribution in [0.4, 0.5) is 0 Å². The van der Waals surface area contributed by atoms with E-state index in [1.165, 1.54) is 37.4 Å². The number of carbonyl (C=O) groups is 1. The van der Waals surface area contributed by atoms with Crippen LogP contribution in [-0.2, 0) is 14.0 Å². The van der Waals surface area contributed by atoms with E-state index in [0.717, 1.165) is 0 Å². The Kier molecular flexibility index (Phi) is 5.31. The molecule has 3 atom stereocenters. The van der Waals surface area contributed by atoms with Gasteiger partial charge in [-0.2, -0.15) is 0 Å². The van der Waals surface area contributed by atoms with Crippen LogP contribution >= 0.6 is 0 Å². The second-order valence-corrected chi connectivity index (χ2v) is 11.3. The summed E-state index contributed by atoms with van der Waals surface area (Å²) in [6, 6.07) is 3.59. The molecule has 0 spiro atoms. The summed E-state index contributed by atoms with van der Waals surface area (Å²) in [5, 5.41) is 0. The van der Waals surface area contributed by atoms with Gasteiger partial charge in [-0.05, 0) is 50.2 Å². The number of hydrogen-bond acceptors (Lipinski definition) is 3. The molecule has 3 aliphatic rings. The highest BCUT2D eigenvalue weighted by Gasteiger charge is 2.59. The predicted octanol–water partition coefficient (Wildman–Crippen LogP) is 4.30. The van der Waals surface area contributed by atoms with Crippen LogP contribution in [0.2, 0.25) is 18.1 Å². The lowest BCUT2D eigenvalue weighted by atomic mass is 9.67. The van der Waals surface area contributed by atoms with E-state index in [1.807, 2.05) is 6.92 Å². The van der Waals surface area contributed by atoms with Gasteiger partial charge in [0.05, 0.1) is 12.7 Å². The van der Waals surface area contributed by atoms with Crippen LogP contribution in [0.15, 0.2) is 12.2 Å². The van der Waals surface area contributed by atoms with E-state index in [2.05, 4.69) is 26.8 Å². The van der Waals surface area contributed by atoms with Crippen LogP contribution in [-0.4, -0.2) is 27.0 Å². The summed E-state index contributed by atoms with van der Waals surface area (Å²) in [6.07, 6.45) is 7.69. The topological polar surface area (TPSA) is 35.5 Å². The molecule has 1 unspecified atom stereocenters. The van der Waals surface area contributed by atoms with Crippen LogP contribution < -0.4 is 0 Å². The van der Waals surface area contributed by atoms with Crippen LogP contribution in [0, 0.1) is 11.3 Å². The molecule has 0 radical (unpaired) electrons. The van der Waals surface area contributed by atoms with Crippen molar-refractivity contribution in [1.29, 1.82) is 0 Å². The van der Waals surface area contributed by atoms with E-state index in [9.17, 15) is 4.79 Å². The zero-order chi connectivity index (χ0) is 15.5. The fraction of sp³-hybridized carbons (Fsp3) is 0.824. The number of hydrogen-bond donors (Lipinski definition) is 0. The second kappa shape index (κ2) is 6.65. The lowest BCUT2D eigenvalue weighted by Crippen LogP contribution is -2.53. The number of carbonyl (C=O) groups excluding carboxylic acids is 1. The quantitative estimate of drug-likeness (QED) is 0.381. The SMILES string of the molecule is CCOC(=O)/C=C/[C@]12CC[C@H](C1)C2O[Si](CC)(CC)CC. The third kappa shape index (κ3) is 3.11. The highest BCUT2D eigenvalue weighted by atomic mass is 28.4. The first-order valence-corrected chi connectivity index (χ1v) is 11.1. The van der Waals surface area contributed by atoms with E-state index in [0.29, 0.717) is 18.6 Å². The molecule has 120 valence electrons. The molecule has 0 aromatic heterocycles. The van der Waals surface area contributed by atoms with Gasteiger partial charge in [-0.25, -0.2) is 4.79 Å². The molecule has 0 aromatic carbocycles. The van der Waals surface area contributed by atoms with Gasteiger partial charge >= 0.3 is 5.97 Å². The van der Waals surface area contributed by atoms with Crippen molar-refractivity contribution in [2.24, 2.45) is 11.3 Å². The second-order valence-electron chi connectivity index (χ2n) is 6.60. The van der Waals surface area contributed by atoms with E-state index in [4.69, 9.17) is 9.16 Å². The Hall–Kier alpha value is -0.613. The Labute approximate surface area is 130 Å². The molecule has 0 N–H and O–H groups in total. The first kappa shape index (κ1) is 16.8. The summed E-state index contributed by atoms with van der Waals surface area (Å²) < 4.78 is 11.7. The number of fused-ring (bicyclic) bond motifs is 1. The minimum absolute atomic E-state index is 0.120. The Morgan fingerprint density at radius 2 is 1.90 bits per heavy atom. The average molecular weight is 311 g/mol. The maximum Gasteiger partial charge on any atom is 0.330 e. The Morgan fingerprint density at radius 3 is 2.43 bits per heavy atom. The largest absolute Gasteiger partial charge is 0.463 e. The molecule has 0 heterocycles.